The lowest BCUT2D eigenvalue weighted by Crippen LogP contribution is -2.49. The number of nitrogens with zero attached hydrogens (tertiary/aromatic N) is 3. The summed E-state index contributed by atoms with van der Waals surface area (Å²) in [4.78, 5) is 26.4. The summed E-state index contributed by atoms with van der Waals surface area (Å²) in [6, 6.07) is 5.22. The second-order valence-corrected chi connectivity index (χ2v) is 7.26. The molecule has 2 amide bonds. The van der Waals surface area contributed by atoms with Crippen molar-refractivity contribution in [2.75, 3.05) is 13.1 Å². The maximum Gasteiger partial charge on any atom is 0.251 e. The van der Waals surface area contributed by atoms with Crippen LogP contribution in [0.15, 0.2) is 24.4 Å². The molecule has 0 radical (unpaired) electrons. The Labute approximate surface area is 153 Å². The van der Waals surface area contributed by atoms with Crippen molar-refractivity contribution < 1.29 is 9.59 Å². The lowest BCUT2D eigenvalue weighted by Gasteiger charge is -2.35. The van der Waals surface area contributed by atoms with E-state index in [1.165, 1.54) is 0 Å². The molecule has 3 rings (SSSR count). The fourth-order valence-corrected chi connectivity index (χ4v) is 3.60. The van der Waals surface area contributed by atoms with Crippen LogP contribution in [0.2, 0.25) is 0 Å². The zero-order valence-corrected chi connectivity index (χ0v) is 15.6. The first-order chi connectivity index (χ1) is 12.4. The second kappa shape index (κ2) is 7.45. The SMILES string of the molecule is CC(N)C(=O)N1CCC(C(C)NC(=O)c2ccc3cnn(C)c3c2)CC1. The number of aromatic nitrogens is 2. The average molecular weight is 357 g/mol. The van der Waals surface area contributed by atoms with Gasteiger partial charge in [0.15, 0.2) is 0 Å². The van der Waals surface area contributed by atoms with Crippen LogP contribution in [-0.2, 0) is 11.8 Å². The lowest BCUT2D eigenvalue weighted by atomic mass is 9.90. The standard InChI is InChI=1S/C19H27N5O2/c1-12(20)19(26)24-8-6-14(7-9-24)13(2)22-18(25)15-4-5-16-11-21-23(3)17(16)10-15/h4-5,10-14H,6-9,20H2,1-3H3,(H,22,25). The van der Waals surface area contributed by atoms with Crippen molar-refractivity contribution in [1.29, 1.82) is 0 Å². The van der Waals surface area contributed by atoms with E-state index >= 15 is 0 Å². The minimum Gasteiger partial charge on any atom is -0.349 e. The van der Waals surface area contributed by atoms with Gasteiger partial charge in [0, 0.05) is 37.1 Å². The number of carbonyl (C=O) groups is 2. The molecule has 0 spiro atoms. The number of amides is 2. The van der Waals surface area contributed by atoms with Crippen molar-refractivity contribution in [2.24, 2.45) is 18.7 Å². The predicted octanol–water partition coefficient (Wildman–Crippen LogP) is 1.28. The molecule has 1 aliphatic rings. The van der Waals surface area contributed by atoms with Gasteiger partial charge in [0.05, 0.1) is 17.8 Å². The van der Waals surface area contributed by atoms with E-state index in [-0.39, 0.29) is 17.9 Å². The van der Waals surface area contributed by atoms with Gasteiger partial charge >= 0.3 is 0 Å². The van der Waals surface area contributed by atoms with Crippen LogP contribution in [0.4, 0.5) is 0 Å². The van der Waals surface area contributed by atoms with Crippen molar-refractivity contribution in [2.45, 2.75) is 38.8 Å². The van der Waals surface area contributed by atoms with Crippen LogP contribution in [0.1, 0.15) is 37.0 Å². The second-order valence-electron chi connectivity index (χ2n) is 7.26. The van der Waals surface area contributed by atoms with Gasteiger partial charge in [0.2, 0.25) is 5.91 Å². The molecule has 3 N–H and O–H groups in total. The van der Waals surface area contributed by atoms with E-state index in [4.69, 9.17) is 5.73 Å². The van der Waals surface area contributed by atoms with Crippen LogP contribution in [0, 0.1) is 5.92 Å². The highest BCUT2D eigenvalue weighted by Gasteiger charge is 2.28. The minimum absolute atomic E-state index is 0.00428. The number of likely N-dealkylation sites (tertiary alicyclic amines) is 1. The first-order valence-corrected chi connectivity index (χ1v) is 9.14. The van der Waals surface area contributed by atoms with Gasteiger partial charge in [-0.05, 0) is 44.7 Å². The van der Waals surface area contributed by atoms with Gasteiger partial charge in [-0.3, -0.25) is 14.3 Å². The fraction of sp³-hybridized carbons (Fsp3) is 0.526. The molecule has 2 atom stereocenters. The molecule has 1 saturated heterocycles. The molecule has 1 fully saturated rings. The Bertz CT molecular complexity index is 805. The van der Waals surface area contributed by atoms with Crippen molar-refractivity contribution in [3.8, 4) is 0 Å². The topological polar surface area (TPSA) is 93.2 Å². The lowest BCUT2D eigenvalue weighted by molar-refractivity contribution is -0.133. The van der Waals surface area contributed by atoms with E-state index in [0.29, 0.717) is 24.6 Å². The quantitative estimate of drug-likeness (QED) is 0.862. The highest BCUT2D eigenvalue weighted by atomic mass is 16.2. The Morgan fingerprint density at radius 2 is 1.96 bits per heavy atom. The van der Waals surface area contributed by atoms with E-state index in [0.717, 1.165) is 23.7 Å². The number of nitrogens with two attached hydrogens (primary N) is 1. The number of piperidine rings is 1. The van der Waals surface area contributed by atoms with E-state index in [1.54, 1.807) is 17.8 Å². The molecule has 2 aromatic rings. The third kappa shape index (κ3) is 3.72. The van der Waals surface area contributed by atoms with Crippen LogP contribution in [0.5, 0.6) is 0 Å². The largest absolute Gasteiger partial charge is 0.349 e. The molecule has 26 heavy (non-hydrogen) atoms. The molecule has 0 bridgehead atoms. The van der Waals surface area contributed by atoms with Crippen LogP contribution < -0.4 is 11.1 Å². The maximum atomic E-state index is 12.6. The molecule has 2 heterocycles. The number of rotatable bonds is 4. The minimum atomic E-state index is -0.453. The van der Waals surface area contributed by atoms with Crippen LogP contribution >= 0.6 is 0 Å². The molecule has 7 nitrogen and oxygen atoms in total. The first-order valence-electron chi connectivity index (χ1n) is 9.14. The maximum absolute atomic E-state index is 12.6. The zero-order valence-electron chi connectivity index (χ0n) is 15.6. The van der Waals surface area contributed by atoms with Crippen LogP contribution in [0.3, 0.4) is 0 Å². The number of benzene rings is 1. The van der Waals surface area contributed by atoms with Crippen LogP contribution in [0.25, 0.3) is 10.9 Å². The summed E-state index contributed by atoms with van der Waals surface area (Å²) in [6.07, 6.45) is 3.54. The van der Waals surface area contributed by atoms with Crippen LogP contribution in [-0.4, -0.2) is 51.7 Å². The van der Waals surface area contributed by atoms with E-state index in [2.05, 4.69) is 10.4 Å². The summed E-state index contributed by atoms with van der Waals surface area (Å²) in [6.45, 7) is 5.16. The third-order valence-electron chi connectivity index (χ3n) is 5.32. The summed E-state index contributed by atoms with van der Waals surface area (Å²) in [7, 11) is 1.86. The number of carbonyl (C=O) groups excluding carboxylic acids is 2. The highest BCUT2D eigenvalue weighted by Crippen LogP contribution is 2.22. The number of hydrogen-bond acceptors (Lipinski definition) is 4. The summed E-state index contributed by atoms with van der Waals surface area (Å²) in [5.41, 5.74) is 7.25. The first kappa shape index (κ1) is 18.4. The summed E-state index contributed by atoms with van der Waals surface area (Å²) in [5, 5.41) is 8.34. The van der Waals surface area contributed by atoms with Gasteiger partial charge in [-0.2, -0.15) is 5.10 Å². The molecule has 7 heteroatoms. The predicted molar refractivity (Wildman–Crippen MR) is 101 cm³/mol. The Morgan fingerprint density at radius 3 is 2.62 bits per heavy atom. The average Bonchev–Trinajstić information content (AvgIpc) is 3.01. The van der Waals surface area contributed by atoms with Gasteiger partial charge in [0.1, 0.15) is 0 Å². The van der Waals surface area contributed by atoms with Gasteiger partial charge in [0.25, 0.3) is 5.91 Å². The van der Waals surface area contributed by atoms with E-state index in [1.807, 2.05) is 37.1 Å². The van der Waals surface area contributed by atoms with Gasteiger partial charge in [-0.25, -0.2) is 0 Å². The van der Waals surface area contributed by atoms with E-state index < -0.39 is 6.04 Å². The normalized spacial score (nSPS) is 17.9. The van der Waals surface area contributed by atoms with Crippen molar-refractivity contribution >= 4 is 22.7 Å². The molecule has 0 saturated carbocycles. The molecule has 1 aliphatic heterocycles. The molecular weight excluding hydrogens is 330 g/mol. The fourth-order valence-electron chi connectivity index (χ4n) is 3.60. The summed E-state index contributed by atoms with van der Waals surface area (Å²) in [5.74, 6) is 0.288. The van der Waals surface area contributed by atoms with Gasteiger partial charge in [-0.15, -0.1) is 0 Å². The Kier molecular flexibility index (Phi) is 5.27. The van der Waals surface area contributed by atoms with E-state index in [9.17, 15) is 9.59 Å². The number of nitrogens with one attached hydrogen (secondary N) is 1. The van der Waals surface area contributed by atoms with Gasteiger partial charge in [-0.1, -0.05) is 6.07 Å². The highest BCUT2D eigenvalue weighted by molar-refractivity contribution is 5.98. The molecule has 2 unspecified atom stereocenters. The Hall–Kier alpha value is -2.41. The summed E-state index contributed by atoms with van der Waals surface area (Å²) >= 11 is 0. The summed E-state index contributed by atoms with van der Waals surface area (Å²) < 4.78 is 1.76. The Morgan fingerprint density at radius 1 is 1.27 bits per heavy atom. The van der Waals surface area contributed by atoms with Crippen molar-refractivity contribution in [3.05, 3.63) is 30.0 Å². The zero-order chi connectivity index (χ0) is 18.8. The van der Waals surface area contributed by atoms with Gasteiger partial charge < -0.3 is 16.0 Å². The van der Waals surface area contributed by atoms with Crippen molar-refractivity contribution in [3.63, 3.8) is 0 Å². The molecule has 1 aromatic carbocycles. The van der Waals surface area contributed by atoms with Crippen molar-refractivity contribution in [1.82, 2.24) is 20.0 Å². The molecular formula is C19H27N5O2. The number of hydrogen-bond donors (Lipinski definition) is 2. The number of aryl methyl sites for hydroxylation is 1. The molecule has 0 aliphatic carbocycles. The third-order valence-corrected chi connectivity index (χ3v) is 5.32. The number of fused-ring (bicyclic) bond motifs is 1. The monoisotopic (exact) mass is 357 g/mol. The smallest absolute Gasteiger partial charge is 0.251 e. The molecule has 140 valence electrons. The Balaban J connectivity index is 1.59. The molecule has 1 aromatic heterocycles.